The van der Waals surface area contributed by atoms with Crippen LogP contribution in [0.5, 0.6) is 0 Å². The Morgan fingerprint density at radius 1 is 1.21 bits per heavy atom. The quantitative estimate of drug-likeness (QED) is 0.727. The highest BCUT2D eigenvalue weighted by atomic mass is 32.1. The zero-order chi connectivity index (χ0) is 19.9. The fraction of sp³-hybridized carbons (Fsp3) is 0.545. The predicted molar refractivity (Wildman–Crippen MR) is 115 cm³/mol. The van der Waals surface area contributed by atoms with E-state index in [9.17, 15) is 4.79 Å². The highest BCUT2D eigenvalue weighted by molar-refractivity contribution is 7.17. The largest absolute Gasteiger partial charge is 0.379 e. The molecule has 152 valence electrons. The van der Waals surface area contributed by atoms with Crippen molar-refractivity contribution in [2.45, 2.75) is 39.7 Å². The molecule has 1 aliphatic rings. The third kappa shape index (κ3) is 4.99. The maximum absolute atomic E-state index is 12.9. The van der Waals surface area contributed by atoms with Crippen LogP contribution in [-0.4, -0.2) is 54.7 Å². The SMILES string of the molecule is CCC(CC)[C@@H](CNC(=O)c1sc(-c2ccccc2)nc1C)N1CCOCC1. The molecule has 0 aliphatic carbocycles. The number of nitrogens with one attached hydrogen (secondary N) is 1. The summed E-state index contributed by atoms with van der Waals surface area (Å²) in [6.45, 7) is 10.5. The molecule has 2 heterocycles. The van der Waals surface area contributed by atoms with Crippen LogP contribution < -0.4 is 5.32 Å². The lowest BCUT2D eigenvalue weighted by Crippen LogP contribution is -2.52. The van der Waals surface area contributed by atoms with E-state index in [4.69, 9.17) is 4.74 Å². The summed E-state index contributed by atoms with van der Waals surface area (Å²) in [6, 6.07) is 10.4. The van der Waals surface area contributed by atoms with Crippen molar-refractivity contribution in [3.63, 3.8) is 0 Å². The van der Waals surface area contributed by atoms with E-state index in [2.05, 4.69) is 29.0 Å². The first kappa shape index (κ1) is 21.0. The van der Waals surface area contributed by atoms with Crippen LogP contribution in [0, 0.1) is 12.8 Å². The lowest BCUT2D eigenvalue weighted by Gasteiger charge is -2.38. The molecule has 1 atom stereocenters. The molecule has 1 saturated heterocycles. The topological polar surface area (TPSA) is 54.5 Å². The first-order valence-corrected chi connectivity index (χ1v) is 11.1. The number of hydrogen-bond acceptors (Lipinski definition) is 5. The van der Waals surface area contributed by atoms with Crippen LogP contribution in [0.15, 0.2) is 30.3 Å². The normalized spacial score (nSPS) is 16.3. The minimum Gasteiger partial charge on any atom is -0.379 e. The molecule has 0 spiro atoms. The second kappa shape index (κ2) is 10.1. The number of nitrogens with zero attached hydrogens (tertiary/aromatic N) is 2. The molecule has 1 amide bonds. The Labute approximate surface area is 172 Å². The van der Waals surface area contributed by atoms with E-state index in [0.29, 0.717) is 23.4 Å². The third-order valence-corrected chi connectivity index (χ3v) is 6.81. The van der Waals surface area contributed by atoms with E-state index >= 15 is 0 Å². The van der Waals surface area contributed by atoms with Crippen LogP contribution in [0.2, 0.25) is 0 Å². The first-order valence-electron chi connectivity index (χ1n) is 10.3. The average Bonchev–Trinajstić information content (AvgIpc) is 3.14. The minimum absolute atomic E-state index is 0.0126. The Morgan fingerprint density at radius 3 is 2.54 bits per heavy atom. The number of amides is 1. The number of rotatable bonds is 8. The average molecular weight is 402 g/mol. The highest BCUT2D eigenvalue weighted by Crippen LogP contribution is 2.28. The van der Waals surface area contributed by atoms with Crippen molar-refractivity contribution < 1.29 is 9.53 Å². The molecule has 1 N–H and O–H groups in total. The molecule has 1 aromatic heterocycles. The first-order chi connectivity index (χ1) is 13.6. The Balaban J connectivity index is 1.69. The maximum atomic E-state index is 12.9. The summed E-state index contributed by atoms with van der Waals surface area (Å²) in [4.78, 5) is 20.7. The molecule has 0 unspecified atom stereocenters. The van der Waals surface area contributed by atoms with Gasteiger partial charge in [-0.2, -0.15) is 0 Å². The van der Waals surface area contributed by atoms with Crippen LogP contribution >= 0.6 is 11.3 Å². The van der Waals surface area contributed by atoms with E-state index < -0.39 is 0 Å². The number of benzene rings is 1. The van der Waals surface area contributed by atoms with Gasteiger partial charge in [0.2, 0.25) is 0 Å². The highest BCUT2D eigenvalue weighted by Gasteiger charge is 2.28. The van der Waals surface area contributed by atoms with Gasteiger partial charge in [0.05, 0.1) is 18.9 Å². The molecule has 2 aromatic rings. The maximum Gasteiger partial charge on any atom is 0.263 e. The van der Waals surface area contributed by atoms with Crippen LogP contribution in [0.25, 0.3) is 10.6 Å². The van der Waals surface area contributed by atoms with Crippen LogP contribution in [0.4, 0.5) is 0 Å². The second-order valence-corrected chi connectivity index (χ2v) is 8.30. The van der Waals surface area contributed by atoms with E-state index in [1.165, 1.54) is 11.3 Å². The van der Waals surface area contributed by atoms with Crippen molar-refractivity contribution in [1.82, 2.24) is 15.2 Å². The van der Waals surface area contributed by atoms with E-state index in [1.54, 1.807) is 0 Å². The number of carbonyl (C=O) groups is 1. The zero-order valence-corrected chi connectivity index (χ0v) is 17.9. The van der Waals surface area contributed by atoms with Gasteiger partial charge in [-0.25, -0.2) is 4.98 Å². The number of hydrogen-bond donors (Lipinski definition) is 1. The van der Waals surface area contributed by atoms with Gasteiger partial charge in [-0.1, -0.05) is 57.0 Å². The number of thiazole rings is 1. The number of aromatic nitrogens is 1. The van der Waals surface area contributed by atoms with Gasteiger partial charge in [0, 0.05) is 31.2 Å². The molecular formula is C22H31N3O2S. The summed E-state index contributed by atoms with van der Waals surface area (Å²) < 4.78 is 5.52. The monoisotopic (exact) mass is 401 g/mol. The Bertz CT molecular complexity index is 752. The minimum atomic E-state index is -0.0126. The summed E-state index contributed by atoms with van der Waals surface area (Å²) in [6.07, 6.45) is 2.23. The van der Waals surface area contributed by atoms with Crippen molar-refractivity contribution in [2.24, 2.45) is 5.92 Å². The van der Waals surface area contributed by atoms with Gasteiger partial charge < -0.3 is 10.1 Å². The molecule has 1 fully saturated rings. The van der Waals surface area contributed by atoms with Gasteiger partial charge in [0.1, 0.15) is 9.88 Å². The molecule has 0 radical (unpaired) electrons. The molecule has 5 nitrogen and oxygen atoms in total. The molecule has 1 aliphatic heterocycles. The lowest BCUT2D eigenvalue weighted by atomic mass is 9.92. The summed E-state index contributed by atoms with van der Waals surface area (Å²) in [7, 11) is 0. The van der Waals surface area contributed by atoms with Crippen LogP contribution in [0.3, 0.4) is 0 Å². The smallest absolute Gasteiger partial charge is 0.263 e. The summed E-state index contributed by atoms with van der Waals surface area (Å²) >= 11 is 1.47. The standard InChI is InChI=1S/C22H31N3O2S/c1-4-17(5-2)19(25-11-13-27-14-12-25)15-23-21(26)20-16(3)24-22(28-20)18-9-7-6-8-10-18/h6-10,17,19H,4-5,11-15H2,1-3H3,(H,23,26)/t19-/m1/s1. The van der Waals surface area contributed by atoms with Crippen molar-refractivity contribution in [2.75, 3.05) is 32.8 Å². The fourth-order valence-electron chi connectivity index (χ4n) is 3.92. The summed E-state index contributed by atoms with van der Waals surface area (Å²) in [5.41, 5.74) is 1.85. The molecule has 3 rings (SSSR count). The Morgan fingerprint density at radius 2 is 1.89 bits per heavy atom. The molecule has 6 heteroatoms. The van der Waals surface area contributed by atoms with E-state index in [1.807, 2.05) is 37.3 Å². The number of aryl methyl sites for hydroxylation is 1. The Kier molecular flexibility index (Phi) is 7.59. The van der Waals surface area contributed by atoms with Gasteiger partial charge >= 0.3 is 0 Å². The van der Waals surface area contributed by atoms with Gasteiger partial charge in [-0.15, -0.1) is 11.3 Å². The zero-order valence-electron chi connectivity index (χ0n) is 17.1. The fourth-order valence-corrected chi connectivity index (χ4v) is 4.91. The van der Waals surface area contributed by atoms with Gasteiger partial charge in [0.25, 0.3) is 5.91 Å². The molecular weight excluding hydrogens is 370 g/mol. The van der Waals surface area contributed by atoms with Crippen molar-refractivity contribution in [3.8, 4) is 10.6 Å². The third-order valence-electron chi connectivity index (χ3n) is 5.60. The second-order valence-electron chi connectivity index (χ2n) is 7.30. The summed E-state index contributed by atoms with van der Waals surface area (Å²) in [5.74, 6) is 0.558. The molecule has 28 heavy (non-hydrogen) atoms. The van der Waals surface area contributed by atoms with E-state index in [-0.39, 0.29) is 5.91 Å². The molecule has 0 saturated carbocycles. The van der Waals surface area contributed by atoms with Crippen LogP contribution in [0.1, 0.15) is 42.1 Å². The van der Waals surface area contributed by atoms with Gasteiger partial charge in [-0.05, 0) is 12.8 Å². The van der Waals surface area contributed by atoms with Crippen molar-refractivity contribution in [1.29, 1.82) is 0 Å². The van der Waals surface area contributed by atoms with E-state index in [0.717, 1.165) is 55.4 Å². The van der Waals surface area contributed by atoms with Gasteiger partial charge in [-0.3, -0.25) is 9.69 Å². The summed E-state index contributed by atoms with van der Waals surface area (Å²) in [5, 5.41) is 4.10. The van der Waals surface area contributed by atoms with Crippen molar-refractivity contribution in [3.05, 3.63) is 40.9 Å². The van der Waals surface area contributed by atoms with Crippen molar-refractivity contribution >= 4 is 17.2 Å². The number of ether oxygens (including phenoxy) is 1. The van der Waals surface area contributed by atoms with Crippen LogP contribution in [-0.2, 0) is 4.74 Å². The number of morpholine rings is 1. The molecule has 1 aromatic carbocycles. The lowest BCUT2D eigenvalue weighted by molar-refractivity contribution is 0.00192. The predicted octanol–water partition coefficient (Wildman–Crippen LogP) is 3.99. The molecule has 0 bridgehead atoms. The van der Waals surface area contributed by atoms with Gasteiger partial charge in [0.15, 0.2) is 0 Å². The number of carbonyl (C=O) groups excluding carboxylic acids is 1. The Hall–Kier alpha value is -1.76.